The molecule has 2 aliphatic rings. The fourth-order valence-corrected chi connectivity index (χ4v) is 3.93. The molecule has 0 aromatic carbocycles. The lowest BCUT2D eigenvalue weighted by atomic mass is 10.1. The van der Waals surface area contributed by atoms with E-state index >= 15 is 0 Å². The highest BCUT2D eigenvalue weighted by atomic mass is 16.3. The summed E-state index contributed by atoms with van der Waals surface area (Å²) < 4.78 is 2.01. The van der Waals surface area contributed by atoms with E-state index in [2.05, 4.69) is 35.9 Å². The van der Waals surface area contributed by atoms with Crippen molar-refractivity contribution in [2.24, 2.45) is 17.8 Å². The van der Waals surface area contributed by atoms with Crippen LogP contribution in [0.1, 0.15) is 30.8 Å². The maximum Gasteiger partial charge on any atom is 0.128 e. The number of aryl methyl sites for hydroxylation is 1. The van der Waals surface area contributed by atoms with Crippen molar-refractivity contribution >= 4 is 5.82 Å². The van der Waals surface area contributed by atoms with Crippen molar-refractivity contribution in [3.63, 3.8) is 0 Å². The summed E-state index contributed by atoms with van der Waals surface area (Å²) in [6.07, 6.45) is 4.60. The summed E-state index contributed by atoms with van der Waals surface area (Å²) in [6, 6.07) is 4.36. The Morgan fingerprint density at radius 1 is 1.26 bits per heavy atom. The fraction of sp³-hybridized carbons (Fsp3) is 0.556. The third-order valence-corrected chi connectivity index (χ3v) is 5.54. The van der Waals surface area contributed by atoms with E-state index in [-0.39, 0.29) is 6.61 Å². The molecule has 2 aromatic rings. The quantitative estimate of drug-likeness (QED) is 0.918. The molecular formula is C18H24N4O. The van der Waals surface area contributed by atoms with Crippen LogP contribution in [0.2, 0.25) is 0 Å². The first kappa shape index (κ1) is 14.7. The van der Waals surface area contributed by atoms with Crippen LogP contribution < -0.4 is 4.90 Å². The molecule has 1 N–H and O–H groups in total. The number of anilines is 1. The highest BCUT2D eigenvalue weighted by Gasteiger charge is 2.52. The Kier molecular flexibility index (Phi) is 3.60. The van der Waals surface area contributed by atoms with Gasteiger partial charge in [-0.05, 0) is 35.8 Å². The Labute approximate surface area is 137 Å². The second-order valence-corrected chi connectivity index (χ2v) is 6.92. The first-order chi connectivity index (χ1) is 11.2. The van der Waals surface area contributed by atoms with Crippen LogP contribution in [-0.4, -0.2) is 32.7 Å². The Hall–Kier alpha value is -1.88. The number of nitrogens with zero attached hydrogens (tertiary/aromatic N) is 4. The largest absolute Gasteiger partial charge is 0.390 e. The number of aliphatic hydroxyl groups excluding tert-OH is 1. The minimum atomic E-state index is -0.0134. The van der Waals surface area contributed by atoms with Crippen LogP contribution in [0, 0.1) is 17.8 Å². The zero-order valence-corrected chi connectivity index (χ0v) is 13.8. The predicted octanol–water partition coefficient (Wildman–Crippen LogP) is 2.08. The molecule has 2 fully saturated rings. The summed E-state index contributed by atoms with van der Waals surface area (Å²) >= 11 is 0. The van der Waals surface area contributed by atoms with Gasteiger partial charge >= 0.3 is 0 Å². The van der Waals surface area contributed by atoms with Crippen LogP contribution in [0.4, 0.5) is 5.82 Å². The normalized spacial score (nSPS) is 25.7. The molecule has 4 rings (SSSR count). The van der Waals surface area contributed by atoms with Crippen molar-refractivity contribution in [3.8, 4) is 0 Å². The topological polar surface area (TPSA) is 54.2 Å². The van der Waals surface area contributed by atoms with Crippen LogP contribution in [0.5, 0.6) is 0 Å². The molecule has 122 valence electrons. The Balaban J connectivity index is 1.52. The maximum atomic E-state index is 9.13. The summed E-state index contributed by atoms with van der Waals surface area (Å²) in [5.41, 5.74) is 3.10. The monoisotopic (exact) mass is 312 g/mol. The van der Waals surface area contributed by atoms with Crippen molar-refractivity contribution in [2.45, 2.75) is 33.4 Å². The van der Waals surface area contributed by atoms with E-state index in [1.807, 2.05) is 10.8 Å². The molecule has 3 heterocycles. The van der Waals surface area contributed by atoms with Gasteiger partial charge in [0.1, 0.15) is 5.82 Å². The minimum Gasteiger partial charge on any atom is -0.390 e. The van der Waals surface area contributed by atoms with Crippen molar-refractivity contribution < 1.29 is 5.11 Å². The van der Waals surface area contributed by atoms with Gasteiger partial charge in [-0.15, -0.1) is 0 Å². The van der Waals surface area contributed by atoms with Crippen LogP contribution in [0.25, 0.3) is 0 Å². The molecule has 0 bridgehead atoms. The number of hydrogen-bond acceptors (Lipinski definition) is 4. The van der Waals surface area contributed by atoms with Crippen molar-refractivity contribution in [1.29, 1.82) is 0 Å². The van der Waals surface area contributed by atoms with Crippen LogP contribution in [0.15, 0.2) is 24.7 Å². The van der Waals surface area contributed by atoms with Gasteiger partial charge in [-0.2, -0.15) is 0 Å². The van der Waals surface area contributed by atoms with E-state index in [4.69, 9.17) is 10.1 Å². The van der Waals surface area contributed by atoms with E-state index < -0.39 is 0 Å². The number of imidazole rings is 1. The predicted molar refractivity (Wildman–Crippen MR) is 89.2 cm³/mol. The van der Waals surface area contributed by atoms with E-state index in [0.29, 0.717) is 5.69 Å². The van der Waals surface area contributed by atoms with E-state index in [1.54, 1.807) is 6.33 Å². The van der Waals surface area contributed by atoms with Crippen LogP contribution >= 0.6 is 0 Å². The smallest absolute Gasteiger partial charge is 0.128 e. The van der Waals surface area contributed by atoms with E-state index in [0.717, 1.165) is 42.2 Å². The lowest BCUT2D eigenvalue weighted by molar-refractivity contribution is 0.277. The zero-order chi connectivity index (χ0) is 16.0. The second kappa shape index (κ2) is 5.64. The summed E-state index contributed by atoms with van der Waals surface area (Å²) in [7, 11) is 0. The number of aliphatic hydroxyl groups is 1. The molecule has 2 aromatic heterocycles. The fourth-order valence-electron chi connectivity index (χ4n) is 3.93. The molecule has 5 nitrogen and oxygen atoms in total. The molecular weight excluding hydrogens is 288 g/mol. The first-order valence-electron chi connectivity index (χ1n) is 8.54. The van der Waals surface area contributed by atoms with E-state index in [1.165, 1.54) is 18.7 Å². The Bertz CT molecular complexity index is 699. The zero-order valence-electron chi connectivity index (χ0n) is 13.8. The van der Waals surface area contributed by atoms with Gasteiger partial charge in [-0.3, -0.25) is 0 Å². The summed E-state index contributed by atoms with van der Waals surface area (Å²) in [5.74, 6) is 3.83. The molecule has 1 aliphatic heterocycles. The summed E-state index contributed by atoms with van der Waals surface area (Å²) in [6.45, 7) is 7.61. The van der Waals surface area contributed by atoms with Gasteiger partial charge < -0.3 is 14.6 Å². The molecule has 0 spiro atoms. The number of pyridine rings is 1. The van der Waals surface area contributed by atoms with Gasteiger partial charge in [-0.25, -0.2) is 9.97 Å². The molecule has 0 radical (unpaired) electrons. The highest BCUT2D eigenvalue weighted by molar-refractivity contribution is 5.45. The van der Waals surface area contributed by atoms with Crippen molar-refractivity contribution in [1.82, 2.24) is 14.5 Å². The molecule has 1 saturated carbocycles. The standard InChI is InChI=1S/C18H24N4O/c1-3-17-13(6-21-7-14(10-23)19-11-21)4-5-18(20-17)22-8-15-12(2)16(15)9-22/h4-5,7,11-12,15-16,23H,3,6,8-10H2,1-2H3/t12-,15+,16-. The molecule has 0 amide bonds. The third kappa shape index (κ3) is 2.63. The van der Waals surface area contributed by atoms with Crippen LogP contribution in [0.3, 0.4) is 0 Å². The number of piperidine rings is 1. The minimum absolute atomic E-state index is 0.0134. The molecule has 23 heavy (non-hydrogen) atoms. The molecule has 5 heteroatoms. The summed E-state index contributed by atoms with van der Waals surface area (Å²) in [4.78, 5) is 11.5. The first-order valence-corrected chi connectivity index (χ1v) is 8.54. The van der Waals surface area contributed by atoms with Gasteiger partial charge in [0.25, 0.3) is 0 Å². The number of rotatable bonds is 5. The van der Waals surface area contributed by atoms with Gasteiger partial charge in [0, 0.05) is 25.0 Å². The SMILES string of the molecule is CCc1nc(N2C[C@@H]3[C@H](C)[C@@H]3C2)ccc1Cn1cnc(CO)c1. The molecule has 3 atom stereocenters. The lowest BCUT2D eigenvalue weighted by Gasteiger charge is -2.21. The number of aromatic nitrogens is 3. The van der Waals surface area contributed by atoms with Crippen molar-refractivity contribution in [2.75, 3.05) is 18.0 Å². The highest BCUT2D eigenvalue weighted by Crippen LogP contribution is 2.51. The summed E-state index contributed by atoms with van der Waals surface area (Å²) in [5, 5.41) is 9.13. The van der Waals surface area contributed by atoms with Gasteiger partial charge in [0.2, 0.25) is 0 Å². The maximum absolute atomic E-state index is 9.13. The Morgan fingerprint density at radius 3 is 2.70 bits per heavy atom. The van der Waals surface area contributed by atoms with Crippen molar-refractivity contribution in [3.05, 3.63) is 41.6 Å². The molecule has 1 saturated heterocycles. The van der Waals surface area contributed by atoms with E-state index in [9.17, 15) is 0 Å². The third-order valence-electron chi connectivity index (χ3n) is 5.54. The molecule has 0 unspecified atom stereocenters. The number of hydrogen-bond donors (Lipinski definition) is 1. The average molecular weight is 312 g/mol. The average Bonchev–Trinajstić information content (AvgIpc) is 3.00. The number of fused-ring (bicyclic) bond motifs is 1. The second-order valence-electron chi connectivity index (χ2n) is 6.92. The lowest BCUT2D eigenvalue weighted by Crippen LogP contribution is -2.25. The van der Waals surface area contributed by atoms with Gasteiger partial charge in [0.15, 0.2) is 0 Å². The van der Waals surface area contributed by atoms with Gasteiger partial charge in [-0.1, -0.05) is 19.9 Å². The van der Waals surface area contributed by atoms with Gasteiger partial charge in [0.05, 0.1) is 25.2 Å². The Morgan fingerprint density at radius 2 is 2.04 bits per heavy atom. The molecule has 1 aliphatic carbocycles. The van der Waals surface area contributed by atoms with Crippen LogP contribution in [-0.2, 0) is 19.6 Å².